The minimum Gasteiger partial charge on any atom is -0.491 e. The van der Waals surface area contributed by atoms with Crippen LogP contribution in [0.4, 0.5) is 0 Å². The maximum atomic E-state index is 6.09. The molecule has 0 aliphatic carbocycles. The number of hydrogen-bond acceptors (Lipinski definition) is 8. The van der Waals surface area contributed by atoms with Crippen molar-refractivity contribution in [1.29, 1.82) is 0 Å². The Labute approximate surface area is 288 Å². The van der Waals surface area contributed by atoms with Gasteiger partial charge in [0.15, 0.2) is 0 Å². The zero-order valence-electron chi connectivity index (χ0n) is 28.0. The predicted molar refractivity (Wildman–Crippen MR) is 184 cm³/mol. The molecule has 5 unspecified atom stereocenters. The van der Waals surface area contributed by atoms with Gasteiger partial charge in [-0.3, -0.25) is 0 Å². The molecule has 8 rings (SSSR count). The molecule has 0 spiro atoms. The third-order valence-electron chi connectivity index (χ3n) is 9.66. The molecule has 0 radical (unpaired) electrons. The van der Waals surface area contributed by atoms with Crippen LogP contribution in [-0.4, -0.2) is 77.3 Å². The lowest BCUT2D eigenvalue weighted by molar-refractivity contribution is 0.262. The van der Waals surface area contributed by atoms with Crippen molar-refractivity contribution in [2.75, 3.05) is 52.9 Å². The second-order valence-electron chi connectivity index (χ2n) is 13.4. The Kier molecular flexibility index (Phi) is 9.46. The molecular formula is C41H44O8. The van der Waals surface area contributed by atoms with Gasteiger partial charge < -0.3 is 37.9 Å². The van der Waals surface area contributed by atoms with Crippen molar-refractivity contribution in [3.8, 4) is 23.0 Å². The molecule has 4 aromatic carbocycles. The van der Waals surface area contributed by atoms with Gasteiger partial charge in [0.05, 0.1) is 31.8 Å². The molecule has 0 aromatic heterocycles. The number of hydrogen-bond donors (Lipinski definition) is 0. The molecule has 4 heterocycles. The zero-order valence-corrected chi connectivity index (χ0v) is 28.0. The Morgan fingerprint density at radius 2 is 0.776 bits per heavy atom. The molecule has 8 nitrogen and oxygen atoms in total. The third-order valence-corrected chi connectivity index (χ3v) is 9.66. The van der Waals surface area contributed by atoms with E-state index in [1.54, 1.807) is 0 Å². The third kappa shape index (κ3) is 7.89. The van der Waals surface area contributed by atoms with Crippen LogP contribution in [0.2, 0.25) is 0 Å². The van der Waals surface area contributed by atoms with Gasteiger partial charge in [0.2, 0.25) is 0 Å². The standard InChI is InChI=1S/C41H44O8/c1-2-3-40(28-4-12-32(13-5-28)42-20-36-24-46-36)41(29-6-14-33(15-7-29)43-21-37-25-47-37,30-8-16-34(17-9-30)44-22-38-26-48-38)31-10-18-35(19-11-31)45-23-39-27-49-39/h4-19,36-40H,2-3,20-27H2,1H3. The molecule has 8 heteroatoms. The summed E-state index contributed by atoms with van der Waals surface area (Å²) in [5, 5.41) is 0. The minimum absolute atomic E-state index is 0.0724. The molecule has 5 atom stereocenters. The van der Waals surface area contributed by atoms with Crippen molar-refractivity contribution in [3.63, 3.8) is 0 Å². The fourth-order valence-electron chi connectivity index (χ4n) is 6.68. The van der Waals surface area contributed by atoms with E-state index in [1.165, 1.54) is 22.3 Å². The van der Waals surface area contributed by atoms with Gasteiger partial charge in [-0.2, -0.15) is 0 Å². The molecule has 0 N–H and O–H groups in total. The van der Waals surface area contributed by atoms with Gasteiger partial charge >= 0.3 is 0 Å². The average Bonchev–Trinajstić information content (AvgIpc) is 3.94. The van der Waals surface area contributed by atoms with Crippen LogP contribution in [0, 0.1) is 0 Å². The first-order chi connectivity index (χ1) is 24.2. The highest BCUT2D eigenvalue weighted by atomic mass is 16.6. The summed E-state index contributed by atoms with van der Waals surface area (Å²) in [7, 11) is 0. The highest BCUT2D eigenvalue weighted by Gasteiger charge is 2.44. The van der Waals surface area contributed by atoms with E-state index in [-0.39, 0.29) is 30.3 Å². The van der Waals surface area contributed by atoms with E-state index >= 15 is 0 Å². The average molecular weight is 665 g/mol. The molecule has 256 valence electrons. The molecule has 4 aliphatic heterocycles. The van der Waals surface area contributed by atoms with Gasteiger partial charge in [-0.15, -0.1) is 0 Å². The van der Waals surface area contributed by atoms with E-state index in [0.717, 1.165) is 62.3 Å². The maximum Gasteiger partial charge on any atom is 0.119 e. The normalized spacial score (nSPS) is 23.5. The van der Waals surface area contributed by atoms with Crippen LogP contribution < -0.4 is 18.9 Å². The van der Waals surface area contributed by atoms with Gasteiger partial charge in [0.25, 0.3) is 0 Å². The lowest BCUT2D eigenvalue weighted by Gasteiger charge is -2.43. The van der Waals surface area contributed by atoms with Crippen LogP contribution >= 0.6 is 0 Å². The quantitative estimate of drug-likeness (QED) is 0.0808. The van der Waals surface area contributed by atoms with E-state index in [1.807, 2.05) is 0 Å². The molecule has 0 bridgehead atoms. The SMILES string of the molecule is CCCC(c1ccc(OCC2CO2)cc1)C(c1ccc(OCC2CO2)cc1)(c1ccc(OCC2CO2)cc1)c1ccc(OCC2CO2)cc1. The molecule has 0 amide bonds. The highest BCUT2D eigenvalue weighted by molar-refractivity contribution is 5.57. The summed E-state index contributed by atoms with van der Waals surface area (Å²) in [5.41, 5.74) is 4.18. The Hall–Kier alpha value is -4.08. The van der Waals surface area contributed by atoms with Crippen LogP contribution in [0.15, 0.2) is 97.1 Å². The summed E-state index contributed by atoms with van der Waals surface area (Å²) in [4.78, 5) is 0. The summed E-state index contributed by atoms with van der Waals surface area (Å²) in [6.07, 6.45) is 2.72. The Bertz CT molecular complexity index is 1490. The highest BCUT2D eigenvalue weighted by Crippen LogP contribution is 2.52. The smallest absolute Gasteiger partial charge is 0.119 e. The van der Waals surface area contributed by atoms with Crippen molar-refractivity contribution < 1.29 is 37.9 Å². The van der Waals surface area contributed by atoms with Crippen LogP contribution in [0.25, 0.3) is 0 Å². The lowest BCUT2D eigenvalue weighted by Crippen LogP contribution is -2.37. The van der Waals surface area contributed by atoms with Gasteiger partial charge in [0.1, 0.15) is 73.8 Å². The minimum atomic E-state index is -0.575. The number of rotatable bonds is 19. The summed E-state index contributed by atoms with van der Waals surface area (Å²) < 4.78 is 45.8. The molecule has 4 saturated heterocycles. The van der Waals surface area contributed by atoms with Crippen molar-refractivity contribution in [1.82, 2.24) is 0 Å². The van der Waals surface area contributed by atoms with Crippen LogP contribution in [0.5, 0.6) is 23.0 Å². The van der Waals surface area contributed by atoms with E-state index in [2.05, 4.69) is 104 Å². The molecular weight excluding hydrogens is 620 g/mol. The van der Waals surface area contributed by atoms with Crippen LogP contribution in [0.1, 0.15) is 47.9 Å². The molecule has 0 saturated carbocycles. The lowest BCUT2D eigenvalue weighted by atomic mass is 9.59. The first-order valence-corrected chi connectivity index (χ1v) is 17.6. The van der Waals surface area contributed by atoms with E-state index < -0.39 is 5.41 Å². The van der Waals surface area contributed by atoms with Crippen molar-refractivity contribution >= 4 is 0 Å². The largest absolute Gasteiger partial charge is 0.491 e. The van der Waals surface area contributed by atoms with E-state index in [9.17, 15) is 0 Å². The second kappa shape index (κ2) is 14.4. The maximum absolute atomic E-state index is 6.09. The topological polar surface area (TPSA) is 87.0 Å². The van der Waals surface area contributed by atoms with Crippen LogP contribution in [0.3, 0.4) is 0 Å². The fraction of sp³-hybridized carbons (Fsp3) is 0.415. The second-order valence-corrected chi connectivity index (χ2v) is 13.4. The fourth-order valence-corrected chi connectivity index (χ4v) is 6.68. The predicted octanol–water partition coefficient (Wildman–Crippen LogP) is 6.72. The van der Waals surface area contributed by atoms with Gasteiger partial charge in [0, 0.05) is 5.92 Å². The Morgan fingerprint density at radius 3 is 1.04 bits per heavy atom. The first kappa shape index (κ1) is 32.1. The number of ether oxygens (including phenoxy) is 8. The molecule has 49 heavy (non-hydrogen) atoms. The Balaban J connectivity index is 1.22. The number of benzene rings is 4. The first-order valence-electron chi connectivity index (χ1n) is 17.6. The van der Waals surface area contributed by atoms with Gasteiger partial charge in [-0.1, -0.05) is 61.9 Å². The van der Waals surface area contributed by atoms with Gasteiger partial charge in [-0.05, 0) is 77.2 Å². The summed E-state index contributed by atoms with van der Waals surface area (Å²) in [5.74, 6) is 3.42. The molecule has 4 aliphatic rings. The van der Waals surface area contributed by atoms with Crippen molar-refractivity contribution in [2.45, 2.75) is 55.5 Å². The van der Waals surface area contributed by atoms with Crippen molar-refractivity contribution in [2.24, 2.45) is 0 Å². The summed E-state index contributed by atoms with van der Waals surface area (Å²) >= 11 is 0. The molecule has 4 fully saturated rings. The monoisotopic (exact) mass is 664 g/mol. The molecule has 4 aromatic rings. The van der Waals surface area contributed by atoms with Crippen LogP contribution in [-0.2, 0) is 24.4 Å². The van der Waals surface area contributed by atoms with Crippen molar-refractivity contribution in [3.05, 3.63) is 119 Å². The number of epoxide rings is 4. The Morgan fingerprint density at radius 1 is 0.490 bits per heavy atom. The summed E-state index contributed by atoms with van der Waals surface area (Å²) in [6.45, 7) is 7.58. The zero-order chi connectivity index (χ0) is 33.0. The van der Waals surface area contributed by atoms with E-state index in [4.69, 9.17) is 37.9 Å². The van der Waals surface area contributed by atoms with Gasteiger partial charge in [-0.25, -0.2) is 0 Å². The van der Waals surface area contributed by atoms with E-state index in [0.29, 0.717) is 26.4 Å². The summed E-state index contributed by atoms with van der Waals surface area (Å²) in [6, 6.07) is 34.5.